The van der Waals surface area contributed by atoms with Crippen molar-refractivity contribution in [2.75, 3.05) is 6.61 Å². The zero-order valence-electron chi connectivity index (χ0n) is 12.6. The lowest BCUT2D eigenvalue weighted by Crippen LogP contribution is -2.48. The van der Waals surface area contributed by atoms with Crippen LogP contribution in [0, 0.1) is 0 Å². The lowest BCUT2D eigenvalue weighted by Gasteiger charge is -2.29. The zero-order chi connectivity index (χ0) is 14.9. The van der Waals surface area contributed by atoms with Crippen molar-refractivity contribution in [1.82, 2.24) is 5.32 Å². The van der Waals surface area contributed by atoms with Gasteiger partial charge in [-0.1, -0.05) is 36.4 Å². The van der Waals surface area contributed by atoms with Crippen LogP contribution in [0.4, 0.5) is 0 Å². The smallest absolute Gasteiger partial charge is 0.330 e. The molecule has 3 rings (SSSR count). The number of hydrogen-bond donors (Lipinski definition) is 1. The van der Waals surface area contributed by atoms with E-state index < -0.39 is 5.54 Å². The molecule has 1 aliphatic carbocycles. The second-order valence-electron chi connectivity index (χ2n) is 5.83. The molecule has 110 valence electrons. The maximum atomic E-state index is 12.5. The van der Waals surface area contributed by atoms with Gasteiger partial charge in [0.1, 0.15) is 5.54 Å². The first-order valence-corrected chi connectivity index (χ1v) is 7.57. The number of carbonyl (C=O) groups is 1. The average molecular weight is 283 g/mol. The van der Waals surface area contributed by atoms with E-state index in [9.17, 15) is 4.79 Å². The van der Waals surface area contributed by atoms with Crippen molar-refractivity contribution >= 4 is 16.7 Å². The Bertz CT molecular complexity index is 663. The second-order valence-corrected chi connectivity index (χ2v) is 5.83. The first-order valence-electron chi connectivity index (χ1n) is 7.57. The molecule has 0 radical (unpaired) electrons. The van der Waals surface area contributed by atoms with E-state index in [1.54, 1.807) is 0 Å². The summed E-state index contributed by atoms with van der Waals surface area (Å²) in [4.78, 5) is 12.5. The van der Waals surface area contributed by atoms with Gasteiger partial charge in [0.15, 0.2) is 0 Å². The van der Waals surface area contributed by atoms with Crippen LogP contribution in [-0.2, 0) is 15.1 Å². The fourth-order valence-corrected chi connectivity index (χ4v) is 2.67. The Kier molecular flexibility index (Phi) is 3.68. The molecule has 1 unspecified atom stereocenters. The number of fused-ring (bicyclic) bond motifs is 1. The summed E-state index contributed by atoms with van der Waals surface area (Å²) in [6, 6.07) is 14.8. The highest BCUT2D eigenvalue weighted by atomic mass is 16.5. The molecule has 3 heteroatoms. The predicted molar refractivity (Wildman–Crippen MR) is 84.1 cm³/mol. The molecule has 1 N–H and O–H groups in total. The van der Waals surface area contributed by atoms with E-state index >= 15 is 0 Å². The molecule has 3 nitrogen and oxygen atoms in total. The zero-order valence-corrected chi connectivity index (χ0v) is 12.6. The van der Waals surface area contributed by atoms with Crippen LogP contribution in [0.2, 0.25) is 0 Å². The molecule has 0 aromatic heterocycles. The fraction of sp³-hybridized carbons (Fsp3) is 0.389. The van der Waals surface area contributed by atoms with Gasteiger partial charge in [-0.25, -0.2) is 4.79 Å². The summed E-state index contributed by atoms with van der Waals surface area (Å²) in [5.41, 5.74) is 0.188. The topological polar surface area (TPSA) is 38.3 Å². The highest BCUT2D eigenvalue weighted by Crippen LogP contribution is 2.31. The molecule has 0 saturated heterocycles. The van der Waals surface area contributed by atoms with Crippen molar-refractivity contribution in [2.24, 2.45) is 0 Å². The average Bonchev–Trinajstić information content (AvgIpc) is 3.30. The first-order chi connectivity index (χ1) is 10.1. The molecule has 1 atom stereocenters. The van der Waals surface area contributed by atoms with Crippen molar-refractivity contribution in [3.63, 3.8) is 0 Å². The van der Waals surface area contributed by atoms with Crippen molar-refractivity contribution in [3.8, 4) is 0 Å². The number of carbonyl (C=O) groups excluding carboxylic acids is 1. The molecule has 1 saturated carbocycles. The standard InChI is InChI=1S/C18H21NO2/c1-3-21-17(20)18(2,19-16-10-11-16)15-9-8-13-6-4-5-7-14(13)12-15/h4-9,12,16,19H,3,10-11H2,1-2H3. The molecule has 21 heavy (non-hydrogen) atoms. The van der Waals surface area contributed by atoms with E-state index in [1.807, 2.05) is 32.0 Å². The van der Waals surface area contributed by atoms with E-state index in [-0.39, 0.29) is 5.97 Å². The third-order valence-electron chi connectivity index (χ3n) is 4.08. The van der Waals surface area contributed by atoms with E-state index in [1.165, 1.54) is 5.39 Å². The molecule has 0 heterocycles. The lowest BCUT2D eigenvalue weighted by atomic mass is 9.90. The van der Waals surface area contributed by atoms with Gasteiger partial charge in [0, 0.05) is 6.04 Å². The summed E-state index contributed by atoms with van der Waals surface area (Å²) < 4.78 is 5.30. The van der Waals surface area contributed by atoms with Gasteiger partial charge in [-0.15, -0.1) is 0 Å². The Morgan fingerprint density at radius 3 is 2.62 bits per heavy atom. The SMILES string of the molecule is CCOC(=O)C(C)(NC1CC1)c1ccc2ccccc2c1. The fourth-order valence-electron chi connectivity index (χ4n) is 2.67. The van der Waals surface area contributed by atoms with E-state index in [4.69, 9.17) is 4.74 Å². The number of hydrogen-bond acceptors (Lipinski definition) is 3. The first kappa shape index (κ1) is 14.1. The molecule has 0 aliphatic heterocycles. The van der Waals surface area contributed by atoms with Crippen LogP contribution in [0.3, 0.4) is 0 Å². The van der Waals surface area contributed by atoms with Crippen molar-refractivity contribution in [1.29, 1.82) is 0 Å². The van der Waals surface area contributed by atoms with E-state index in [0.29, 0.717) is 12.6 Å². The minimum Gasteiger partial charge on any atom is -0.464 e. The van der Waals surface area contributed by atoms with E-state index in [2.05, 4.69) is 29.6 Å². The van der Waals surface area contributed by atoms with Crippen molar-refractivity contribution in [2.45, 2.75) is 38.3 Å². The minimum atomic E-state index is -0.777. The summed E-state index contributed by atoms with van der Waals surface area (Å²) in [6.07, 6.45) is 2.26. The summed E-state index contributed by atoms with van der Waals surface area (Å²) in [5, 5.41) is 5.78. The normalized spacial score (nSPS) is 17.4. The van der Waals surface area contributed by atoms with Gasteiger partial charge >= 0.3 is 5.97 Å². The Morgan fingerprint density at radius 1 is 1.24 bits per heavy atom. The molecule has 0 bridgehead atoms. The molecule has 1 fully saturated rings. The molecule has 0 spiro atoms. The van der Waals surface area contributed by atoms with Gasteiger partial charge < -0.3 is 4.74 Å². The molecular weight excluding hydrogens is 262 g/mol. The largest absolute Gasteiger partial charge is 0.464 e. The number of esters is 1. The third kappa shape index (κ3) is 2.79. The molecular formula is C18H21NO2. The Labute approximate surface area is 125 Å². The lowest BCUT2D eigenvalue weighted by molar-refractivity contribution is -0.151. The number of ether oxygens (including phenoxy) is 1. The summed E-state index contributed by atoms with van der Waals surface area (Å²) in [6.45, 7) is 4.16. The van der Waals surface area contributed by atoms with Crippen LogP contribution in [0.1, 0.15) is 32.3 Å². The number of benzene rings is 2. The van der Waals surface area contributed by atoms with E-state index in [0.717, 1.165) is 23.8 Å². The summed E-state index contributed by atoms with van der Waals surface area (Å²) in [5.74, 6) is -0.202. The van der Waals surface area contributed by atoms with Crippen molar-refractivity contribution in [3.05, 3.63) is 48.0 Å². The van der Waals surface area contributed by atoms with Gasteiger partial charge in [-0.3, -0.25) is 5.32 Å². The minimum absolute atomic E-state index is 0.202. The molecule has 0 amide bonds. The molecule has 1 aliphatic rings. The second kappa shape index (κ2) is 5.49. The van der Waals surface area contributed by atoms with Gasteiger partial charge in [0.2, 0.25) is 0 Å². The number of rotatable bonds is 5. The highest BCUT2D eigenvalue weighted by Gasteiger charge is 2.41. The van der Waals surface area contributed by atoms with Crippen LogP contribution in [0.5, 0.6) is 0 Å². The molecule has 2 aromatic rings. The number of nitrogens with one attached hydrogen (secondary N) is 1. The van der Waals surface area contributed by atoms with Crippen molar-refractivity contribution < 1.29 is 9.53 Å². The maximum Gasteiger partial charge on any atom is 0.330 e. The quantitative estimate of drug-likeness (QED) is 0.855. The predicted octanol–water partition coefficient (Wildman–Crippen LogP) is 3.37. The summed E-state index contributed by atoms with van der Waals surface area (Å²) >= 11 is 0. The summed E-state index contributed by atoms with van der Waals surface area (Å²) in [7, 11) is 0. The van der Waals surface area contributed by atoms with Gasteiger partial charge in [0.25, 0.3) is 0 Å². The van der Waals surface area contributed by atoms with Gasteiger partial charge in [-0.2, -0.15) is 0 Å². The Morgan fingerprint density at radius 2 is 1.95 bits per heavy atom. The maximum absolute atomic E-state index is 12.5. The van der Waals surface area contributed by atoms with Crippen LogP contribution < -0.4 is 5.32 Å². The van der Waals surface area contributed by atoms with Crippen LogP contribution in [0.25, 0.3) is 10.8 Å². The third-order valence-corrected chi connectivity index (χ3v) is 4.08. The van der Waals surface area contributed by atoms with Gasteiger partial charge in [-0.05, 0) is 49.1 Å². The van der Waals surface area contributed by atoms with Crippen LogP contribution in [-0.4, -0.2) is 18.6 Å². The van der Waals surface area contributed by atoms with Gasteiger partial charge in [0.05, 0.1) is 6.61 Å². The monoisotopic (exact) mass is 283 g/mol. The Balaban J connectivity index is 2.01. The Hall–Kier alpha value is -1.87. The molecule has 2 aromatic carbocycles. The highest BCUT2D eigenvalue weighted by molar-refractivity contribution is 5.87. The van der Waals surface area contributed by atoms with Crippen LogP contribution >= 0.6 is 0 Å². The van der Waals surface area contributed by atoms with Crippen LogP contribution in [0.15, 0.2) is 42.5 Å².